The van der Waals surface area contributed by atoms with Crippen molar-refractivity contribution >= 4 is 5.91 Å². The Kier molecular flexibility index (Phi) is 3.52. The summed E-state index contributed by atoms with van der Waals surface area (Å²) in [5, 5.41) is 4.43. The van der Waals surface area contributed by atoms with Crippen LogP contribution in [0.1, 0.15) is 10.5 Å². The monoisotopic (exact) mass is 271 g/mol. The molecule has 0 atom stereocenters. The average Bonchev–Trinajstić information content (AvgIpc) is 2.90. The zero-order chi connectivity index (χ0) is 13.9. The predicted octanol–water partition coefficient (Wildman–Crippen LogP) is 1.56. The van der Waals surface area contributed by atoms with Crippen molar-refractivity contribution < 1.29 is 9.53 Å². The van der Waals surface area contributed by atoms with E-state index in [-0.39, 0.29) is 5.91 Å². The van der Waals surface area contributed by atoms with Crippen molar-refractivity contribution in [2.45, 2.75) is 0 Å². The van der Waals surface area contributed by atoms with Crippen LogP contribution in [0, 0.1) is 0 Å². The van der Waals surface area contributed by atoms with Gasteiger partial charge in [0.1, 0.15) is 5.69 Å². The summed E-state index contributed by atoms with van der Waals surface area (Å²) in [6, 6.07) is 11.7. The molecule has 5 heteroatoms. The number of carbonyl (C=O) groups excluding carboxylic acids is 1. The molecule has 1 saturated heterocycles. The third-order valence-corrected chi connectivity index (χ3v) is 3.47. The van der Waals surface area contributed by atoms with Crippen LogP contribution in [0.5, 0.6) is 0 Å². The summed E-state index contributed by atoms with van der Waals surface area (Å²) in [5.74, 6) is 0.0190. The molecule has 1 aromatic heterocycles. The molecule has 0 unspecified atom stereocenters. The van der Waals surface area contributed by atoms with Crippen molar-refractivity contribution in [1.82, 2.24) is 14.7 Å². The molecule has 20 heavy (non-hydrogen) atoms. The van der Waals surface area contributed by atoms with Gasteiger partial charge in [-0.1, -0.05) is 30.3 Å². The second kappa shape index (κ2) is 5.46. The first-order chi connectivity index (χ1) is 9.75. The van der Waals surface area contributed by atoms with E-state index in [4.69, 9.17) is 4.74 Å². The molecule has 0 spiro atoms. The van der Waals surface area contributed by atoms with Crippen LogP contribution in [-0.2, 0) is 11.8 Å². The third kappa shape index (κ3) is 2.44. The third-order valence-electron chi connectivity index (χ3n) is 3.47. The zero-order valence-electron chi connectivity index (χ0n) is 11.5. The lowest BCUT2D eigenvalue weighted by atomic mass is 10.1. The lowest BCUT2D eigenvalue weighted by Gasteiger charge is -2.26. The number of aryl methyl sites for hydroxylation is 1. The van der Waals surface area contributed by atoms with Crippen LogP contribution >= 0.6 is 0 Å². The maximum Gasteiger partial charge on any atom is 0.272 e. The van der Waals surface area contributed by atoms with Crippen LogP contribution in [0.3, 0.4) is 0 Å². The zero-order valence-corrected chi connectivity index (χ0v) is 11.5. The Labute approximate surface area is 117 Å². The summed E-state index contributed by atoms with van der Waals surface area (Å²) in [6.45, 7) is 2.50. The van der Waals surface area contributed by atoms with Gasteiger partial charge < -0.3 is 9.64 Å². The fourth-order valence-electron chi connectivity index (χ4n) is 2.35. The van der Waals surface area contributed by atoms with Crippen LogP contribution in [0.4, 0.5) is 0 Å². The quantitative estimate of drug-likeness (QED) is 0.832. The standard InChI is InChI=1S/C15H17N3O2/c1-17-14(15(19)18-7-9-20-10-8-18)11-13(16-17)12-5-3-2-4-6-12/h2-6,11H,7-10H2,1H3. The fraction of sp³-hybridized carbons (Fsp3) is 0.333. The van der Waals surface area contributed by atoms with Gasteiger partial charge in [-0.2, -0.15) is 5.10 Å². The molecule has 5 nitrogen and oxygen atoms in total. The summed E-state index contributed by atoms with van der Waals surface area (Å²) in [7, 11) is 1.81. The number of amides is 1. The number of morpholine rings is 1. The minimum atomic E-state index is 0.0190. The summed E-state index contributed by atoms with van der Waals surface area (Å²) >= 11 is 0. The van der Waals surface area contributed by atoms with Gasteiger partial charge in [0.15, 0.2) is 0 Å². The number of rotatable bonds is 2. The first kappa shape index (κ1) is 12.9. The normalized spacial score (nSPS) is 15.3. The summed E-state index contributed by atoms with van der Waals surface area (Å²) in [5.41, 5.74) is 2.46. The minimum Gasteiger partial charge on any atom is -0.378 e. The molecule has 2 heterocycles. The van der Waals surface area contributed by atoms with E-state index >= 15 is 0 Å². The van der Waals surface area contributed by atoms with Gasteiger partial charge in [-0.3, -0.25) is 9.48 Å². The van der Waals surface area contributed by atoms with E-state index in [0.717, 1.165) is 11.3 Å². The second-order valence-corrected chi connectivity index (χ2v) is 4.81. The van der Waals surface area contributed by atoms with E-state index in [1.165, 1.54) is 0 Å². The Bertz CT molecular complexity index is 601. The van der Waals surface area contributed by atoms with Crippen molar-refractivity contribution in [2.75, 3.05) is 26.3 Å². The van der Waals surface area contributed by atoms with Gasteiger partial charge in [-0.15, -0.1) is 0 Å². The van der Waals surface area contributed by atoms with Gasteiger partial charge in [0.05, 0.1) is 18.9 Å². The van der Waals surface area contributed by atoms with Crippen molar-refractivity contribution in [3.63, 3.8) is 0 Å². The van der Waals surface area contributed by atoms with E-state index in [1.807, 2.05) is 41.3 Å². The summed E-state index contributed by atoms with van der Waals surface area (Å²) in [6.07, 6.45) is 0. The molecule has 1 fully saturated rings. The lowest BCUT2D eigenvalue weighted by molar-refractivity contribution is 0.0295. The minimum absolute atomic E-state index is 0.0190. The number of hydrogen-bond acceptors (Lipinski definition) is 3. The van der Waals surface area contributed by atoms with Gasteiger partial charge in [-0.05, 0) is 6.07 Å². The van der Waals surface area contributed by atoms with E-state index in [2.05, 4.69) is 5.10 Å². The predicted molar refractivity (Wildman–Crippen MR) is 75.4 cm³/mol. The SMILES string of the molecule is Cn1nc(-c2ccccc2)cc1C(=O)N1CCOCC1. The first-order valence-electron chi connectivity index (χ1n) is 6.72. The van der Waals surface area contributed by atoms with E-state index in [0.29, 0.717) is 32.0 Å². The number of aromatic nitrogens is 2. The van der Waals surface area contributed by atoms with Crippen molar-refractivity contribution in [1.29, 1.82) is 0 Å². The molecule has 2 aromatic rings. The van der Waals surface area contributed by atoms with Crippen LogP contribution in [0.25, 0.3) is 11.3 Å². The molecule has 0 aliphatic carbocycles. The highest BCUT2D eigenvalue weighted by molar-refractivity contribution is 5.93. The molecule has 1 amide bonds. The van der Waals surface area contributed by atoms with Crippen LogP contribution < -0.4 is 0 Å². The van der Waals surface area contributed by atoms with Crippen molar-refractivity contribution in [3.05, 3.63) is 42.1 Å². The Balaban J connectivity index is 1.87. The highest BCUT2D eigenvalue weighted by atomic mass is 16.5. The van der Waals surface area contributed by atoms with Gasteiger partial charge in [0, 0.05) is 25.7 Å². The number of ether oxygens (including phenoxy) is 1. The second-order valence-electron chi connectivity index (χ2n) is 4.81. The molecule has 0 saturated carbocycles. The first-order valence-corrected chi connectivity index (χ1v) is 6.72. The number of hydrogen-bond donors (Lipinski definition) is 0. The van der Waals surface area contributed by atoms with Gasteiger partial charge in [0.25, 0.3) is 5.91 Å². The maximum absolute atomic E-state index is 12.5. The largest absolute Gasteiger partial charge is 0.378 e. The molecule has 1 aliphatic heterocycles. The molecule has 0 N–H and O–H groups in total. The molecule has 1 aromatic carbocycles. The van der Waals surface area contributed by atoms with E-state index in [1.54, 1.807) is 11.7 Å². The molecule has 0 bridgehead atoms. The lowest BCUT2D eigenvalue weighted by Crippen LogP contribution is -2.41. The van der Waals surface area contributed by atoms with Crippen LogP contribution in [0.15, 0.2) is 36.4 Å². The molecule has 1 aliphatic rings. The van der Waals surface area contributed by atoms with E-state index in [9.17, 15) is 4.79 Å². The molecular weight excluding hydrogens is 254 g/mol. The number of nitrogens with zero attached hydrogens (tertiary/aromatic N) is 3. The Hall–Kier alpha value is -2.14. The van der Waals surface area contributed by atoms with Gasteiger partial charge >= 0.3 is 0 Å². The van der Waals surface area contributed by atoms with Crippen molar-refractivity contribution in [3.8, 4) is 11.3 Å². The Morgan fingerprint density at radius 3 is 2.60 bits per heavy atom. The fourth-order valence-corrected chi connectivity index (χ4v) is 2.35. The maximum atomic E-state index is 12.5. The molecule has 0 radical (unpaired) electrons. The smallest absolute Gasteiger partial charge is 0.272 e. The Morgan fingerprint density at radius 2 is 1.90 bits per heavy atom. The number of benzene rings is 1. The van der Waals surface area contributed by atoms with Crippen molar-refractivity contribution in [2.24, 2.45) is 7.05 Å². The van der Waals surface area contributed by atoms with Gasteiger partial charge in [-0.25, -0.2) is 0 Å². The molecular formula is C15H17N3O2. The summed E-state index contributed by atoms with van der Waals surface area (Å²) in [4.78, 5) is 14.3. The summed E-state index contributed by atoms with van der Waals surface area (Å²) < 4.78 is 6.93. The Morgan fingerprint density at radius 1 is 1.20 bits per heavy atom. The molecule has 104 valence electrons. The highest BCUT2D eigenvalue weighted by Gasteiger charge is 2.22. The van der Waals surface area contributed by atoms with Crippen LogP contribution in [-0.4, -0.2) is 46.9 Å². The topological polar surface area (TPSA) is 47.4 Å². The van der Waals surface area contributed by atoms with E-state index < -0.39 is 0 Å². The molecule has 3 rings (SSSR count). The average molecular weight is 271 g/mol. The van der Waals surface area contributed by atoms with Gasteiger partial charge in [0.2, 0.25) is 0 Å². The number of carbonyl (C=O) groups is 1. The highest BCUT2D eigenvalue weighted by Crippen LogP contribution is 2.19. The van der Waals surface area contributed by atoms with Crippen LogP contribution in [0.2, 0.25) is 0 Å².